The molecule has 0 saturated carbocycles. The number of ketones is 1. The number of carbonyl (C=O) groups is 1. The maximum atomic E-state index is 13.6. The molecule has 1 aromatic carbocycles. The van der Waals surface area contributed by atoms with Gasteiger partial charge in [-0.2, -0.15) is 0 Å². The Morgan fingerprint density at radius 1 is 1.50 bits per heavy atom. The summed E-state index contributed by atoms with van der Waals surface area (Å²) in [4.78, 5) is 12.0. The molecule has 1 fully saturated rings. The third-order valence-corrected chi connectivity index (χ3v) is 3.42. The van der Waals surface area contributed by atoms with Crippen LogP contribution in [-0.2, 0) is 16.0 Å². The Morgan fingerprint density at radius 2 is 2.28 bits per heavy atom. The highest BCUT2D eigenvalue weighted by molar-refractivity contribution is 6.30. The van der Waals surface area contributed by atoms with Gasteiger partial charge in [0.2, 0.25) is 0 Å². The molecule has 5 heteroatoms. The SMILES string of the molecule is NCC1CCC(C(=O)Cc2cccc(Cl)c2F)O1. The van der Waals surface area contributed by atoms with Crippen LogP contribution in [0, 0.1) is 5.82 Å². The fraction of sp³-hybridized carbons (Fsp3) is 0.462. The summed E-state index contributed by atoms with van der Waals surface area (Å²) in [6.07, 6.45) is 0.933. The largest absolute Gasteiger partial charge is 0.366 e. The molecule has 2 N–H and O–H groups in total. The first-order chi connectivity index (χ1) is 8.61. The van der Waals surface area contributed by atoms with Gasteiger partial charge in [-0.1, -0.05) is 23.7 Å². The van der Waals surface area contributed by atoms with Gasteiger partial charge in [-0.15, -0.1) is 0 Å². The summed E-state index contributed by atoms with van der Waals surface area (Å²) in [7, 11) is 0. The monoisotopic (exact) mass is 271 g/mol. The van der Waals surface area contributed by atoms with E-state index in [-0.39, 0.29) is 23.3 Å². The predicted octanol–water partition coefficient (Wildman–Crippen LogP) is 2.10. The van der Waals surface area contributed by atoms with Gasteiger partial charge in [-0.05, 0) is 24.5 Å². The standard InChI is InChI=1S/C13H15ClFNO2/c14-10-3-1-2-8(13(10)15)6-11(17)12-5-4-9(7-16)18-12/h1-3,9,12H,4-7,16H2. The number of ether oxygens (including phenoxy) is 1. The van der Waals surface area contributed by atoms with Gasteiger partial charge in [0.1, 0.15) is 11.9 Å². The zero-order valence-electron chi connectivity index (χ0n) is 9.86. The molecule has 2 rings (SSSR count). The summed E-state index contributed by atoms with van der Waals surface area (Å²) >= 11 is 5.67. The molecular weight excluding hydrogens is 257 g/mol. The maximum absolute atomic E-state index is 13.6. The lowest BCUT2D eigenvalue weighted by molar-refractivity contribution is -0.128. The molecule has 0 amide bonds. The van der Waals surface area contributed by atoms with Crippen LogP contribution in [0.4, 0.5) is 4.39 Å². The lowest BCUT2D eigenvalue weighted by Gasteiger charge is -2.11. The normalized spacial score (nSPS) is 23.3. The Balaban J connectivity index is 2.01. The topological polar surface area (TPSA) is 52.3 Å². The van der Waals surface area contributed by atoms with Gasteiger partial charge >= 0.3 is 0 Å². The number of rotatable bonds is 4. The van der Waals surface area contributed by atoms with E-state index in [4.69, 9.17) is 22.1 Å². The Morgan fingerprint density at radius 3 is 2.94 bits per heavy atom. The van der Waals surface area contributed by atoms with Crippen molar-refractivity contribution in [3.05, 3.63) is 34.6 Å². The summed E-state index contributed by atoms with van der Waals surface area (Å²) in [6, 6.07) is 4.65. The van der Waals surface area contributed by atoms with Crippen molar-refractivity contribution in [2.75, 3.05) is 6.54 Å². The molecule has 1 aliphatic rings. The van der Waals surface area contributed by atoms with Gasteiger partial charge in [0.05, 0.1) is 11.1 Å². The lowest BCUT2D eigenvalue weighted by Crippen LogP contribution is -2.26. The average molecular weight is 272 g/mol. The number of halogens is 2. The molecule has 18 heavy (non-hydrogen) atoms. The van der Waals surface area contributed by atoms with Gasteiger partial charge in [0.15, 0.2) is 5.78 Å². The fourth-order valence-electron chi connectivity index (χ4n) is 2.10. The van der Waals surface area contributed by atoms with Crippen molar-refractivity contribution in [1.82, 2.24) is 0 Å². The van der Waals surface area contributed by atoms with Crippen molar-refractivity contribution < 1.29 is 13.9 Å². The quantitative estimate of drug-likeness (QED) is 0.912. The van der Waals surface area contributed by atoms with E-state index in [0.717, 1.165) is 6.42 Å². The van der Waals surface area contributed by atoms with Crippen LogP contribution < -0.4 is 5.73 Å². The van der Waals surface area contributed by atoms with Gasteiger partial charge in [0.25, 0.3) is 0 Å². The molecule has 0 aliphatic carbocycles. The molecule has 1 heterocycles. The zero-order chi connectivity index (χ0) is 13.1. The van der Waals surface area contributed by atoms with E-state index in [1.165, 1.54) is 6.07 Å². The summed E-state index contributed by atoms with van der Waals surface area (Å²) in [5, 5.41) is 0.0347. The van der Waals surface area contributed by atoms with Crippen LogP contribution in [0.3, 0.4) is 0 Å². The average Bonchev–Trinajstić information content (AvgIpc) is 2.83. The van der Waals surface area contributed by atoms with Crippen molar-refractivity contribution in [3.63, 3.8) is 0 Å². The predicted molar refractivity (Wildman–Crippen MR) is 67.1 cm³/mol. The van der Waals surface area contributed by atoms with Crippen LogP contribution in [0.15, 0.2) is 18.2 Å². The van der Waals surface area contributed by atoms with E-state index in [9.17, 15) is 9.18 Å². The molecule has 3 nitrogen and oxygen atoms in total. The summed E-state index contributed by atoms with van der Waals surface area (Å²) in [5.41, 5.74) is 5.79. The Hall–Kier alpha value is -0.970. The van der Waals surface area contributed by atoms with Crippen LogP contribution in [-0.4, -0.2) is 24.5 Å². The number of hydrogen-bond donors (Lipinski definition) is 1. The molecule has 0 aromatic heterocycles. The Labute approximate surface area is 110 Å². The van der Waals surface area contributed by atoms with E-state index in [1.54, 1.807) is 12.1 Å². The molecule has 1 aromatic rings. The summed E-state index contributed by atoms with van der Waals surface area (Å²) in [6.45, 7) is 0.412. The van der Waals surface area contributed by atoms with E-state index in [2.05, 4.69) is 0 Å². The maximum Gasteiger partial charge on any atom is 0.166 e. The van der Waals surface area contributed by atoms with Gasteiger partial charge < -0.3 is 10.5 Å². The first kappa shape index (κ1) is 13.5. The van der Waals surface area contributed by atoms with Crippen molar-refractivity contribution in [2.24, 2.45) is 5.73 Å². The van der Waals surface area contributed by atoms with Crippen molar-refractivity contribution in [3.8, 4) is 0 Å². The smallest absolute Gasteiger partial charge is 0.166 e. The molecule has 1 aliphatic heterocycles. The van der Waals surface area contributed by atoms with E-state index >= 15 is 0 Å². The number of carbonyl (C=O) groups excluding carboxylic acids is 1. The minimum Gasteiger partial charge on any atom is -0.366 e. The van der Waals surface area contributed by atoms with Crippen LogP contribution in [0.5, 0.6) is 0 Å². The molecule has 1 saturated heterocycles. The molecule has 98 valence electrons. The second-order valence-electron chi connectivity index (χ2n) is 4.42. The van der Waals surface area contributed by atoms with Crippen LogP contribution in [0.25, 0.3) is 0 Å². The van der Waals surface area contributed by atoms with E-state index in [1.807, 2.05) is 0 Å². The molecule has 2 atom stereocenters. The van der Waals surface area contributed by atoms with Gasteiger partial charge in [0, 0.05) is 13.0 Å². The highest BCUT2D eigenvalue weighted by Crippen LogP contribution is 2.23. The van der Waals surface area contributed by atoms with Crippen LogP contribution in [0.1, 0.15) is 18.4 Å². The summed E-state index contributed by atoms with van der Waals surface area (Å²) in [5.74, 6) is -0.645. The number of benzene rings is 1. The molecule has 0 radical (unpaired) electrons. The Bertz CT molecular complexity index is 453. The summed E-state index contributed by atoms with van der Waals surface area (Å²) < 4.78 is 19.1. The zero-order valence-corrected chi connectivity index (χ0v) is 10.6. The van der Waals surface area contributed by atoms with Crippen molar-refractivity contribution >= 4 is 17.4 Å². The fourth-order valence-corrected chi connectivity index (χ4v) is 2.30. The first-order valence-electron chi connectivity index (χ1n) is 5.93. The highest BCUT2D eigenvalue weighted by atomic mass is 35.5. The van der Waals surface area contributed by atoms with E-state index in [0.29, 0.717) is 18.5 Å². The van der Waals surface area contributed by atoms with Crippen LogP contribution in [0.2, 0.25) is 5.02 Å². The minimum atomic E-state index is -0.527. The highest BCUT2D eigenvalue weighted by Gasteiger charge is 2.30. The van der Waals surface area contributed by atoms with Crippen molar-refractivity contribution in [1.29, 1.82) is 0 Å². The first-order valence-corrected chi connectivity index (χ1v) is 6.30. The van der Waals surface area contributed by atoms with E-state index < -0.39 is 11.9 Å². The van der Waals surface area contributed by atoms with Gasteiger partial charge in [-0.3, -0.25) is 4.79 Å². The van der Waals surface area contributed by atoms with Gasteiger partial charge in [-0.25, -0.2) is 4.39 Å². The third kappa shape index (κ3) is 2.88. The number of nitrogens with two attached hydrogens (primary N) is 1. The molecule has 2 unspecified atom stereocenters. The second kappa shape index (κ2) is 5.78. The van der Waals surface area contributed by atoms with Crippen LogP contribution >= 0.6 is 11.6 Å². The lowest BCUT2D eigenvalue weighted by atomic mass is 10.0. The minimum absolute atomic E-state index is 0.00829. The number of Topliss-reactive ketones (excluding diaryl/α,β-unsaturated/α-hetero) is 1. The Kier molecular flexibility index (Phi) is 4.32. The second-order valence-corrected chi connectivity index (χ2v) is 4.82. The number of hydrogen-bond acceptors (Lipinski definition) is 3. The third-order valence-electron chi connectivity index (χ3n) is 3.13. The molecule has 0 bridgehead atoms. The molecule has 0 spiro atoms. The van der Waals surface area contributed by atoms with Crippen molar-refractivity contribution in [2.45, 2.75) is 31.5 Å². The molecular formula is C13H15ClFNO2.